The summed E-state index contributed by atoms with van der Waals surface area (Å²) >= 11 is 0. The Labute approximate surface area is 133 Å². The van der Waals surface area contributed by atoms with Gasteiger partial charge in [-0.2, -0.15) is 0 Å². The molecule has 8 heteroatoms. The third-order valence-electron chi connectivity index (χ3n) is 3.36. The van der Waals surface area contributed by atoms with Crippen LogP contribution in [0.25, 0.3) is 0 Å². The molecule has 1 amide bonds. The highest BCUT2D eigenvalue weighted by molar-refractivity contribution is 7.89. The number of hydrogen-bond donors (Lipinski definition) is 2. The van der Waals surface area contributed by atoms with Gasteiger partial charge in [-0.1, -0.05) is 6.07 Å². The molecular weight excluding hydrogens is 318 g/mol. The topological polar surface area (TPSA) is 97.4 Å². The molecule has 1 aromatic heterocycles. The Morgan fingerprint density at radius 3 is 2.87 bits per heavy atom. The van der Waals surface area contributed by atoms with Crippen molar-refractivity contribution in [1.82, 2.24) is 9.71 Å². The number of amides is 1. The van der Waals surface area contributed by atoms with E-state index in [1.54, 1.807) is 31.3 Å². The fourth-order valence-corrected chi connectivity index (χ4v) is 3.13. The van der Waals surface area contributed by atoms with Crippen LogP contribution in [0.4, 0.5) is 5.69 Å². The number of aromatic nitrogens is 1. The lowest BCUT2D eigenvalue weighted by atomic mass is 10.2. The fraction of sp³-hybridized carbons (Fsp3) is 0.200. The van der Waals surface area contributed by atoms with Crippen LogP contribution < -0.4 is 14.8 Å². The molecule has 1 aliphatic heterocycles. The summed E-state index contributed by atoms with van der Waals surface area (Å²) in [5.41, 5.74) is 0.952. The number of sulfonamides is 1. The van der Waals surface area contributed by atoms with Crippen molar-refractivity contribution in [1.29, 1.82) is 0 Å². The normalized spacial score (nSPS) is 17.1. The number of rotatable bonds is 4. The highest BCUT2D eigenvalue weighted by Gasteiger charge is 2.25. The van der Waals surface area contributed by atoms with Gasteiger partial charge in [0.1, 0.15) is 5.75 Å². The van der Waals surface area contributed by atoms with Gasteiger partial charge in [-0.3, -0.25) is 9.78 Å². The summed E-state index contributed by atoms with van der Waals surface area (Å²) in [6, 6.07) is 9.60. The Balaban J connectivity index is 1.81. The van der Waals surface area contributed by atoms with Crippen LogP contribution in [0.5, 0.6) is 5.75 Å². The quantitative estimate of drug-likeness (QED) is 0.878. The van der Waals surface area contributed by atoms with Gasteiger partial charge < -0.3 is 10.1 Å². The molecule has 1 unspecified atom stereocenters. The van der Waals surface area contributed by atoms with Crippen LogP contribution in [-0.4, -0.2) is 25.4 Å². The second kappa shape index (κ2) is 5.98. The minimum absolute atomic E-state index is 0.0469. The first-order valence-corrected chi connectivity index (χ1v) is 8.45. The molecular formula is C15H15N3O4S. The predicted molar refractivity (Wildman–Crippen MR) is 83.4 cm³/mol. The first-order valence-electron chi connectivity index (χ1n) is 6.97. The van der Waals surface area contributed by atoms with E-state index in [0.29, 0.717) is 17.1 Å². The number of carbonyl (C=O) groups excluding carboxylic acids is 1. The molecule has 23 heavy (non-hydrogen) atoms. The van der Waals surface area contributed by atoms with Crippen LogP contribution in [-0.2, 0) is 21.4 Å². The van der Waals surface area contributed by atoms with Gasteiger partial charge in [0.15, 0.2) is 6.10 Å². The number of fused-ring (bicyclic) bond motifs is 1. The van der Waals surface area contributed by atoms with E-state index in [9.17, 15) is 13.2 Å². The minimum Gasteiger partial charge on any atom is -0.479 e. The Kier molecular flexibility index (Phi) is 4.01. The van der Waals surface area contributed by atoms with Crippen LogP contribution in [0, 0.1) is 0 Å². The van der Waals surface area contributed by atoms with Gasteiger partial charge >= 0.3 is 0 Å². The number of ether oxygens (including phenoxy) is 1. The van der Waals surface area contributed by atoms with Crippen LogP contribution in [0.2, 0.25) is 0 Å². The average molecular weight is 333 g/mol. The van der Waals surface area contributed by atoms with Crippen LogP contribution in [0.1, 0.15) is 12.6 Å². The second-order valence-electron chi connectivity index (χ2n) is 5.05. The number of anilines is 1. The van der Waals surface area contributed by atoms with E-state index < -0.39 is 16.1 Å². The van der Waals surface area contributed by atoms with Gasteiger partial charge in [-0.25, -0.2) is 13.1 Å². The Hall–Kier alpha value is -2.45. The van der Waals surface area contributed by atoms with Crippen LogP contribution >= 0.6 is 0 Å². The molecule has 2 N–H and O–H groups in total. The Morgan fingerprint density at radius 2 is 2.13 bits per heavy atom. The van der Waals surface area contributed by atoms with Gasteiger partial charge in [0.25, 0.3) is 5.91 Å². The van der Waals surface area contributed by atoms with Crippen molar-refractivity contribution < 1.29 is 17.9 Å². The molecule has 0 saturated carbocycles. The third-order valence-corrected chi connectivity index (χ3v) is 4.76. The highest BCUT2D eigenvalue weighted by atomic mass is 32.2. The lowest BCUT2D eigenvalue weighted by Crippen LogP contribution is -2.34. The maximum absolute atomic E-state index is 12.3. The largest absolute Gasteiger partial charge is 0.479 e. The predicted octanol–water partition coefficient (Wildman–Crippen LogP) is 1.28. The van der Waals surface area contributed by atoms with Gasteiger partial charge in [-0.15, -0.1) is 0 Å². The first-order chi connectivity index (χ1) is 11.0. The zero-order valence-corrected chi connectivity index (χ0v) is 13.1. The van der Waals surface area contributed by atoms with E-state index in [4.69, 9.17) is 4.74 Å². The van der Waals surface area contributed by atoms with Crippen molar-refractivity contribution in [2.24, 2.45) is 0 Å². The molecule has 1 aliphatic rings. The van der Waals surface area contributed by atoms with Crippen molar-refractivity contribution in [2.45, 2.75) is 24.5 Å². The number of carbonyl (C=O) groups is 1. The fourth-order valence-electron chi connectivity index (χ4n) is 2.11. The van der Waals surface area contributed by atoms with Crippen LogP contribution in [0.3, 0.4) is 0 Å². The zero-order valence-electron chi connectivity index (χ0n) is 12.3. The summed E-state index contributed by atoms with van der Waals surface area (Å²) in [7, 11) is -3.72. The van der Waals surface area contributed by atoms with Crippen molar-refractivity contribution in [3.05, 3.63) is 48.3 Å². The summed E-state index contributed by atoms with van der Waals surface area (Å²) in [5.74, 6) is 0.134. The SMILES string of the molecule is CC1Oc2ccc(S(=O)(=O)NCc3ccccn3)cc2NC1=O. The number of nitrogens with zero attached hydrogens (tertiary/aromatic N) is 1. The molecule has 1 aromatic carbocycles. The smallest absolute Gasteiger partial charge is 0.265 e. The van der Waals surface area contributed by atoms with Gasteiger partial charge in [-0.05, 0) is 37.3 Å². The minimum atomic E-state index is -3.72. The summed E-state index contributed by atoms with van der Waals surface area (Å²) < 4.78 is 32.6. The average Bonchev–Trinajstić information content (AvgIpc) is 2.55. The second-order valence-corrected chi connectivity index (χ2v) is 6.82. The molecule has 0 aliphatic carbocycles. The summed E-state index contributed by atoms with van der Waals surface area (Å²) in [5, 5.41) is 2.63. The van der Waals surface area contributed by atoms with Crippen LogP contribution in [0.15, 0.2) is 47.5 Å². The lowest BCUT2D eigenvalue weighted by Gasteiger charge is -2.23. The zero-order chi connectivity index (χ0) is 16.4. The van der Waals surface area contributed by atoms with Crippen molar-refractivity contribution >= 4 is 21.6 Å². The first kappa shape index (κ1) is 15.4. The molecule has 3 rings (SSSR count). The van der Waals surface area contributed by atoms with Gasteiger partial charge in [0, 0.05) is 6.20 Å². The molecule has 2 heterocycles. The molecule has 0 saturated heterocycles. The monoisotopic (exact) mass is 333 g/mol. The Bertz CT molecular complexity index is 837. The molecule has 0 spiro atoms. The molecule has 0 bridgehead atoms. The Morgan fingerprint density at radius 1 is 1.30 bits per heavy atom. The van der Waals surface area contributed by atoms with Crippen molar-refractivity contribution in [3.63, 3.8) is 0 Å². The third kappa shape index (κ3) is 3.33. The standard InChI is InChI=1S/C15H15N3O4S/c1-10-15(19)18-13-8-12(5-6-14(13)22-10)23(20,21)17-9-11-4-2-3-7-16-11/h2-8,10,17H,9H2,1H3,(H,18,19). The molecule has 1 atom stereocenters. The van der Waals surface area contributed by atoms with E-state index in [1.807, 2.05) is 0 Å². The number of pyridine rings is 1. The summed E-state index contributed by atoms with van der Waals surface area (Å²) in [6.45, 7) is 1.71. The summed E-state index contributed by atoms with van der Waals surface area (Å²) in [4.78, 5) is 15.7. The van der Waals surface area contributed by atoms with Gasteiger partial charge in [0.2, 0.25) is 10.0 Å². The molecule has 7 nitrogen and oxygen atoms in total. The molecule has 0 fully saturated rings. The summed E-state index contributed by atoms with van der Waals surface area (Å²) in [6.07, 6.45) is 0.989. The maximum Gasteiger partial charge on any atom is 0.265 e. The number of hydrogen-bond acceptors (Lipinski definition) is 5. The molecule has 2 aromatic rings. The highest BCUT2D eigenvalue weighted by Crippen LogP contribution is 2.31. The van der Waals surface area contributed by atoms with Gasteiger partial charge in [0.05, 0.1) is 22.8 Å². The molecule has 120 valence electrons. The van der Waals surface area contributed by atoms with E-state index >= 15 is 0 Å². The van der Waals surface area contributed by atoms with Crippen molar-refractivity contribution in [3.8, 4) is 5.75 Å². The van der Waals surface area contributed by atoms with Crippen molar-refractivity contribution in [2.75, 3.05) is 5.32 Å². The maximum atomic E-state index is 12.3. The number of nitrogens with one attached hydrogen (secondary N) is 2. The lowest BCUT2D eigenvalue weighted by molar-refractivity contribution is -0.122. The van der Waals surface area contributed by atoms with E-state index in [2.05, 4.69) is 15.0 Å². The van der Waals surface area contributed by atoms with E-state index in [1.165, 1.54) is 18.2 Å². The number of benzene rings is 1. The molecule has 0 radical (unpaired) electrons. The van der Waals surface area contributed by atoms with E-state index in [-0.39, 0.29) is 17.3 Å². The van der Waals surface area contributed by atoms with E-state index in [0.717, 1.165) is 0 Å².